The van der Waals surface area contributed by atoms with E-state index in [-0.39, 0.29) is 0 Å². The Morgan fingerprint density at radius 2 is 2.15 bits per heavy atom. The number of halogens is 1. The third-order valence-electron chi connectivity index (χ3n) is 1.75. The van der Waals surface area contributed by atoms with Gasteiger partial charge in [0, 0.05) is 17.6 Å². The smallest absolute Gasteiger partial charge is 0.191 e. The van der Waals surface area contributed by atoms with Gasteiger partial charge in [-0.1, -0.05) is 22.5 Å². The molecule has 1 rings (SSSR count). The molecule has 0 atom stereocenters. The number of aliphatic imine (C=N–C) groups is 1. The Hall–Kier alpha value is -0.550. The summed E-state index contributed by atoms with van der Waals surface area (Å²) in [5.74, 6) is 0.573. The van der Waals surface area contributed by atoms with Crippen LogP contribution in [0.15, 0.2) is 16.1 Å². The van der Waals surface area contributed by atoms with Gasteiger partial charge < -0.3 is 15.4 Å². The van der Waals surface area contributed by atoms with Gasteiger partial charge in [0.25, 0.3) is 0 Å². The zero-order valence-electron chi connectivity index (χ0n) is 7.50. The average Bonchev–Trinajstić information content (AvgIpc) is 2.15. The molecule has 1 saturated heterocycles. The van der Waals surface area contributed by atoms with Gasteiger partial charge in [-0.05, 0) is 0 Å². The van der Waals surface area contributed by atoms with E-state index < -0.39 is 0 Å². The number of rotatable bonds is 2. The van der Waals surface area contributed by atoms with E-state index in [1.807, 2.05) is 4.90 Å². The molecule has 2 N–H and O–H groups in total. The van der Waals surface area contributed by atoms with Crippen molar-refractivity contribution in [3.63, 3.8) is 0 Å². The average molecular weight is 248 g/mol. The van der Waals surface area contributed by atoms with Crippen molar-refractivity contribution >= 4 is 21.9 Å². The summed E-state index contributed by atoms with van der Waals surface area (Å²) in [7, 11) is 0. The summed E-state index contributed by atoms with van der Waals surface area (Å²) in [6.45, 7) is 7.32. The lowest BCUT2D eigenvalue weighted by molar-refractivity contribution is 0.0674. The second-order valence-corrected chi connectivity index (χ2v) is 3.91. The quantitative estimate of drug-likeness (QED) is 0.573. The number of nitrogens with two attached hydrogens (primary N) is 1. The molecular formula is C8H14BrN3O. The van der Waals surface area contributed by atoms with Gasteiger partial charge in [0.2, 0.25) is 0 Å². The Kier molecular flexibility index (Phi) is 4.24. The highest BCUT2D eigenvalue weighted by Gasteiger charge is 2.11. The second-order valence-electron chi connectivity index (χ2n) is 2.79. The summed E-state index contributed by atoms with van der Waals surface area (Å²) < 4.78 is 6.03. The number of hydrogen-bond donors (Lipinski definition) is 1. The maximum absolute atomic E-state index is 5.76. The molecule has 1 aliphatic heterocycles. The maximum Gasteiger partial charge on any atom is 0.191 e. The number of hydrogen-bond acceptors (Lipinski definition) is 2. The van der Waals surface area contributed by atoms with Crippen molar-refractivity contribution in [1.29, 1.82) is 0 Å². The minimum absolute atomic E-state index is 0.531. The van der Waals surface area contributed by atoms with Gasteiger partial charge in [-0.3, -0.25) is 0 Å². The number of ether oxygens (including phenoxy) is 1. The topological polar surface area (TPSA) is 50.8 Å². The molecule has 0 amide bonds. The van der Waals surface area contributed by atoms with Crippen molar-refractivity contribution in [2.24, 2.45) is 10.7 Å². The minimum Gasteiger partial charge on any atom is -0.378 e. The van der Waals surface area contributed by atoms with Crippen molar-refractivity contribution in [1.82, 2.24) is 4.90 Å². The van der Waals surface area contributed by atoms with Gasteiger partial charge in [-0.15, -0.1) is 0 Å². The van der Waals surface area contributed by atoms with E-state index >= 15 is 0 Å². The van der Waals surface area contributed by atoms with E-state index in [9.17, 15) is 0 Å². The maximum atomic E-state index is 5.76. The van der Waals surface area contributed by atoms with Crippen LogP contribution in [0.3, 0.4) is 0 Å². The first-order valence-corrected chi connectivity index (χ1v) is 4.95. The van der Waals surface area contributed by atoms with Gasteiger partial charge in [0.15, 0.2) is 5.96 Å². The molecule has 0 aliphatic carbocycles. The molecular weight excluding hydrogens is 234 g/mol. The lowest BCUT2D eigenvalue weighted by atomic mass is 10.4. The van der Waals surface area contributed by atoms with E-state index in [2.05, 4.69) is 27.5 Å². The first-order chi connectivity index (χ1) is 6.20. The normalized spacial score (nSPS) is 18.8. The Bertz CT molecular complexity index is 211. The number of nitrogens with zero attached hydrogens (tertiary/aromatic N) is 2. The SMILES string of the molecule is C=C(Br)CN=C(N)N1CCOCC1. The van der Waals surface area contributed by atoms with Gasteiger partial charge in [-0.2, -0.15) is 0 Å². The zero-order chi connectivity index (χ0) is 9.68. The van der Waals surface area contributed by atoms with Crippen molar-refractivity contribution < 1.29 is 4.74 Å². The van der Waals surface area contributed by atoms with Crippen molar-refractivity contribution in [2.45, 2.75) is 0 Å². The van der Waals surface area contributed by atoms with Crippen LogP contribution in [0.25, 0.3) is 0 Å². The molecule has 1 aliphatic rings. The highest BCUT2D eigenvalue weighted by Crippen LogP contribution is 2.01. The largest absolute Gasteiger partial charge is 0.378 e. The lowest BCUT2D eigenvalue weighted by Gasteiger charge is -2.27. The van der Waals surface area contributed by atoms with Crippen molar-refractivity contribution in [3.8, 4) is 0 Å². The van der Waals surface area contributed by atoms with Crippen LogP contribution in [0.4, 0.5) is 0 Å². The third kappa shape index (κ3) is 3.78. The molecule has 1 fully saturated rings. The molecule has 74 valence electrons. The Morgan fingerprint density at radius 1 is 1.54 bits per heavy atom. The highest BCUT2D eigenvalue weighted by atomic mass is 79.9. The molecule has 0 spiro atoms. The summed E-state index contributed by atoms with van der Waals surface area (Å²) in [5, 5.41) is 0. The molecule has 0 bridgehead atoms. The number of morpholine rings is 1. The summed E-state index contributed by atoms with van der Waals surface area (Å²) in [6, 6.07) is 0. The van der Waals surface area contributed by atoms with Crippen LogP contribution in [0.1, 0.15) is 0 Å². The van der Waals surface area contributed by atoms with Crippen LogP contribution in [0, 0.1) is 0 Å². The molecule has 13 heavy (non-hydrogen) atoms. The van der Waals surface area contributed by atoms with Crippen LogP contribution in [0.2, 0.25) is 0 Å². The Balaban J connectivity index is 2.39. The van der Waals surface area contributed by atoms with Gasteiger partial charge in [0.05, 0.1) is 19.8 Å². The van der Waals surface area contributed by atoms with E-state index in [0.717, 1.165) is 30.8 Å². The zero-order valence-corrected chi connectivity index (χ0v) is 9.09. The number of guanidine groups is 1. The molecule has 0 aromatic heterocycles. The fourth-order valence-electron chi connectivity index (χ4n) is 1.06. The third-order valence-corrected chi connectivity index (χ3v) is 2.00. The minimum atomic E-state index is 0.531. The molecule has 0 unspecified atom stereocenters. The van der Waals surface area contributed by atoms with E-state index in [1.54, 1.807) is 0 Å². The van der Waals surface area contributed by atoms with Crippen molar-refractivity contribution in [3.05, 3.63) is 11.1 Å². The van der Waals surface area contributed by atoms with Gasteiger partial charge >= 0.3 is 0 Å². The molecule has 5 heteroatoms. The van der Waals surface area contributed by atoms with Gasteiger partial charge in [-0.25, -0.2) is 4.99 Å². The summed E-state index contributed by atoms with van der Waals surface area (Å²) in [4.78, 5) is 6.18. The van der Waals surface area contributed by atoms with E-state index in [1.165, 1.54) is 0 Å². The van der Waals surface area contributed by atoms with Crippen LogP contribution < -0.4 is 5.73 Å². The second kappa shape index (κ2) is 5.24. The predicted molar refractivity (Wildman–Crippen MR) is 56.9 cm³/mol. The highest BCUT2D eigenvalue weighted by molar-refractivity contribution is 9.11. The molecule has 0 aromatic rings. The van der Waals surface area contributed by atoms with Crippen LogP contribution in [-0.2, 0) is 4.74 Å². The van der Waals surface area contributed by atoms with Crippen LogP contribution in [-0.4, -0.2) is 43.7 Å². The lowest BCUT2D eigenvalue weighted by Crippen LogP contribution is -2.44. The molecule has 1 heterocycles. The Morgan fingerprint density at radius 3 is 2.69 bits per heavy atom. The van der Waals surface area contributed by atoms with Crippen molar-refractivity contribution in [2.75, 3.05) is 32.8 Å². The molecule has 0 saturated carbocycles. The first-order valence-electron chi connectivity index (χ1n) is 4.16. The van der Waals surface area contributed by atoms with Gasteiger partial charge in [0.1, 0.15) is 0 Å². The summed E-state index contributed by atoms with van der Waals surface area (Å²) >= 11 is 3.23. The summed E-state index contributed by atoms with van der Waals surface area (Å²) in [5.41, 5.74) is 5.76. The summed E-state index contributed by atoms with van der Waals surface area (Å²) in [6.07, 6.45) is 0. The first kappa shape index (κ1) is 10.5. The van der Waals surface area contributed by atoms with Crippen LogP contribution >= 0.6 is 15.9 Å². The standard InChI is InChI=1S/C8H14BrN3O/c1-7(9)6-11-8(10)12-2-4-13-5-3-12/h1-6H2,(H2,10,11). The Labute approximate surface area is 86.6 Å². The fourth-order valence-corrected chi connectivity index (χ4v) is 1.18. The predicted octanol–water partition coefficient (Wildman–Crippen LogP) is 0.542. The van der Waals surface area contributed by atoms with Crippen LogP contribution in [0.5, 0.6) is 0 Å². The van der Waals surface area contributed by atoms with E-state index in [0.29, 0.717) is 12.5 Å². The fraction of sp³-hybridized carbons (Fsp3) is 0.625. The molecule has 0 aromatic carbocycles. The monoisotopic (exact) mass is 247 g/mol. The molecule has 0 radical (unpaired) electrons. The molecule has 4 nitrogen and oxygen atoms in total. The van der Waals surface area contributed by atoms with E-state index in [4.69, 9.17) is 10.5 Å².